The van der Waals surface area contributed by atoms with Gasteiger partial charge in [-0.25, -0.2) is 9.97 Å². The maximum atomic E-state index is 6.04. The molecule has 104 valence electrons. The number of nitrogen functional groups attached to an aromatic ring is 1. The lowest BCUT2D eigenvalue weighted by Crippen LogP contribution is -2.08. The number of nitrogens with two attached hydrogens (primary N) is 1. The summed E-state index contributed by atoms with van der Waals surface area (Å²) < 4.78 is 5.28. The van der Waals surface area contributed by atoms with Gasteiger partial charge in [-0.15, -0.1) is 6.58 Å². The fraction of sp³-hybridized carbons (Fsp3) is 0.143. The first-order chi connectivity index (χ1) is 9.76. The molecule has 0 aliphatic carbocycles. The van der Waals surface area contributed by atoms with Crippen molar-refractivity contribution in [2.75, 3.05) is 30.0 Å². The Kier molecular flexibility index (Phi) is 4.39. The highest BCUT2D eigenvalue weighted by molar-refractivity contribution is 5.79. The Bertz CT molecular complexity index is 600. The van der Waals surface area contributed by atoms with Gasteiger partial charge in [-0.05, 0) is 12.1 Å². The van der Waals surface area contributed by atoms with Crippen molar-refractivity contribution < 1.29 is 4.74 Å². The molecule has 0 aliphatic rings. The zero-order valence-electron chi connectivity index (χ0n) is 11.3. The van der Waals surface area contributed by atoms with E-state index < -0.39 is 0 Å². The molecular weight excluding hydrogens is 254 g/mol. The highest BCUT2D eigenvalue weighted by Gasteiger charge is 2.09. The molecule has 0 saturated carbocycles. The number of rotatable bonds is 6. The average molecular weight is 271 g/mol. The zero-order chi connectivity index (χ0) is 14.4. The lowest BCUT2D eigenvalue weighted by atomic mass is 10.3. The summed E-state index contributed by atoms with van der Waals surface area (Å²) in [7, 11) is 1.61. The molecule has 2 rings (SSSR count). The molecule has 0 unspecified atom stereocenters. The molecule has 0 atom stereocenters. The third-order valence-electron chi connectivity index (χ3n) is 2.66. The number of nitrogens with zero attached hydrogens (tertiary/aromatic N) is 2. The van der Waals surface area contributed by atoms with Crippen molar-refractivity contribution in [1.82, 2.24) is 9.97 Å². The van der Waals surface area contributed by atoms with Gasteiger partial charge in [0.1, 0.15) is 17.8 Å². The Hall–Kier alpha value is -2.76. The van der Waals surface area contributed by atoms with E-state index in [2.05, 4.69) is 27.2 Å². The van der Waals surface area contributed by atoms with Gasteiger partial charge in [0.2, 0.25) is 0 Å². The largest absolute Gasteiger partial charge is 0.495 e. The second kappa shape index (κ2) is 6.42. The molecule has 6 nitrogen and oxygen atoms in total. The Morgan fingerprint density at radius 3 is 2.80 bits per heavy atom. The van der Waals surface area contributed by atoms with Crippen LogP contribution in [0.4, 0.5) is 23.0 Å². The number of aromatic nitrogens is 2. The van der Waals surface area contributed by atoms with E-state index in [1.54, 1.807) is 13.2 Å². The summed E-state index contributed by atoms with van der Waals surface area (Å²) in [6.07, 6.45) is 3.18. The third kappa shape index (κ3) is 2.97. The molecule has 4 N–H and O–H groups in total. The fourth-order valence-electron chi connectivity index (χ4n) is 1.68. The minimum absolute atomic E-state index is 0.445. The van der Waals surface area contributed by atoms with Crippen LogP contribution in [0.15, 0.2) is 43.2 Å². The lowest BCUT2D eigenvalue weighted by Gasteiger charge is -2.13. The van der Waals surface area contributed by atoms with Crippen LogP contribution < -0.4 is 21.1 Å². The van der Waals surface area contributed by atoms with Crippen LogP contribution in [0, 0.1) is 0 Å². The minimum atomic E-state index is 0.445. The van der Waals surface area contributed by atoms with Crippen LogP contribution in [0.1, 0.15) is 0 Å². The fourth-order valence-corrected chi connectivity index (χ4v) is 1.68. The molecule has 0 bridgehead atoms. The van der Waals surface area contributed by atoms with E-state index in [-0.39, 0.29) is 0 Å². The van der Waals surface area contributed by atoms with E-state index in [0.717, 1.165) is 5.69 Å². The molecule has 1 heterocycles. The van der Waals surface area contributed by atoms with Crippen molar-refractivity contribution in [1.29, 1.82) is 0 Å². The van der Waals surface area contributed by atoms with Crippen LogP contribution in [-0.4, -0.2) is 23.6 Å². The van der Waals surface area contributed by atoms with Crippen molar-refractivity contribution in [2.45, 2.75) is 0 Å². The Labute approximate surface area is 117 Å². The molecule has 0 saturated heterocycles. The van der Waals surface area contributed by atoms with Crippen molar-refractivity contribution in [2.24, 2.45) is 0 Å². The predicted molar refractivity (Wildman–Crippen MR) is 81.4 cm³/mol. The summed E-state index contributed by atoms with van der Waals surface area (Å²) in [5.41, 5.74) is 7.27. The van der Waals surface area contributed by atoms with E-state index in [9.17, 15) is 0 Å². The van der Waals surface area contributed by atoms with Gasteiger partial charge in [0.15, 0.2) is 11.6 Å². The molecule has 0 aliphatic heterocycles. The van der Waals surface area contributed by atoms with Crippen LogP contribution in [-0.2, 0) is 0 Å². The number of ether oxygens (including phenoxy) is 1. The third-order valence-corrected chi connectivity index (χ3v) is 2.66. The molecule has 6 heteroatoms. The van der Waals surface area contributed by atoms with Gasteiger partial charge in [0.05, 0.1) is 12.8 Å². The first-order valence-corrected chi connectivity index (χ1v) is 6.11. The van der Waals surface area contributed by atoms with E-state index in [0.29, 0.717) is 29.6 Å². The molecule has 1 aromatic carbocycles. The Morgan fingerprint density at radius 1 is 1.30 bits per heavy atom. The van der Waals surface area contributed by atoms with E-state index in [1.165, 1.54) is 6.33 Å². The van der Waals surface area contributed by atoms with Gasteiger partial charge < -0.3 is 21.1 Å². The van der Waals surface area contributed by atoms with Crippen LogP contribution in [0.25, 0.3) is 0 Å². The average Bonchev–Trinajstić information content (AvgIpc) is 2.48. The maximum Gasteiger partial charge on any atom is 0.159 e. The van der Waals surface area contributed by atoms with Gasteiger partial charge in [-0.3, -0.25) is 0 Å². The maximum absolute atomic E-state index is 6.04. The number of hydrogen-bond donors (Lipinski definition) is 3. The SMILES string of the molecule is C=CCNc1ncnc(Nc2ccccc2OC)c1N. The van der Waals surface area contributed by atoms with Crippen molar-refractivity contribution in [3.63, 3.8) is 0 Å². The second-order valence-corrected chi connectivity index (χ2v) is 3.98. The summed E-state index contributed by atoms with van der Waals surface area (Å²) in [6.45, 7) is 4.22. The topological polar surface area (TPSA) is 85.1 Å². The molecule has 0 radical (unpaired) electrons. The molecule has 2 aromatic rings. The number of anilines is 4. The molecular formula is C14H17N5O. The van der Waals surface area contributed by atoms with Crippen molar-refractivity contribution in [3.8, 4) is 5.75 Å². The van der Waals surface area contributed by atoms with Gasteiger partial charge in [-0.2, -0.15) is 0 Å². The monoisotopic (exact) mass is 271 g/mol. The number of benzene rings is 1. The van der Waals surface area contributed by atoms with E-state index >= 15 is 0 Å². The van der Waals surface area contributed by atoms with Crippen molar-refractivity contribution in [3.05, 3.63) is 43.2 Å². The smallest absolute Gasteiger partial charge is 0.159 e. The zero-order valence-corrected chi connectivity index (χ0v) is 11.3. The Balaban J connectivity index is 2.27. The number of para-hydroxylation sites is 2. The normalized spacial score (nSPS) is 9.85. The van der Waals surface area contributed by atoms with E-state index in [4.69, 9.17) is 10.5 Å². The first-order valence-electron chi connectivity index (χ1n) is 6.11. The summed E-state index contributed by atoms with van der Waals surface area (Å²) >= 11 is 0. The van der Waals surface area contributed by atoms with Crippen molar-refractivity contribution >= 4 is 23.0 Å². The van der Waals surface area contributed by atoms with E-state index in [1.807, 2.05) is 24.3 Å². The summed E-state index contributed by atoms with van der Waals surface area (Å²) in [5.74, 6) is 1.81. The first kappa shape index (κ1) is 13.7. The number of methoxy groups -OCH3 is 1. The summed E-state index contributed by atoms with van der Waals surface area (Å²) in [5, 5.41) is 6.19. The predicted octanol–water partition coefficient (Wildman–Crippen LogP) is 2.41. The van der Waals surface area contributed by atoms with Gasteiger partial charge in [0.25, 0.3) is 0 Å². The second-order valence-electron chi connectivity index (χ2n) is 3.98. The standard InChI is InChI=1S/C14H17N5O/c1-3-8-16-13-12(15)14(18-9-17-13)19-10-6-4-5-7-11(10)20-2/h3-7,9H,1,8,15H2,2H3,(H2,16,17,18,19). The van der Waals surface area contributed by atoms with Crippen LogP contribution in [0.2, 0.25) is 0 Å². The number of hydrogen-bond acceptors (Lipinski definition) is 6. The van der Waals surface area contributed by atoms with Crippen LogP contribution in [0.3, 0.4) is 0 Å². The quantitative estimate of drug-likeness (QED) is 0.700. The summed E-state index contributed by atoms with van der Waals surface area (Å²) in [4.78, 5) is 8.24. The highest BCUT2D eigenvalue weighted by atomic mass is 16.5. The molecule has 20 heavy (non-hydrogen) atoms. The lowest BCUT2D eigenvalue weighted by molar-refractivity contribution is 0.417. The van der Waals surface area contributed by atoms with Gasteiger partial charge in [0, 0.05) is 6.54 Å². The van der Waals surface area contributed by atoms with Crippen LogP contribution >= 0.6 is 0 Å². The Morgan fingerprint density at radius 2 is 2.05 bits per heavy atom. The molecule has 1 aromatic heterocycles. The van der Waals surface area contributed by atoms with Gasteiger partial charge in [-0.1, -0.05) is 18.2 Å². The molecule has 0 spiro atoms. The summed E-state index contributed by atoms with van der Waals surface area (Å²) in [6, 6.07) is 7.54. The highest BCUT2D eigenvalue weighted by Crippen LogP contribution is 2.30. The molecule has 0 fully saturated rings. The van der Waals surface area contributed by atoms with Crippen LogP contribution in [0.5, 0.6) is 5.75 Å². The van der Waals surface area contributed by atoms with Gasteiger partial charge >= 0.3 is 0 Å². The molecule has 0 amide bonds. The minimum Gasteiger partial charge on any atom is -0.495 e. The number of nitrogens with one attached hydrogen (secondary N) is 2.